The van der Waals surface area contributed by atoms with Crippen molar-refractivity contribution in [3.8, 4) is 0 Å². The molecule has 0 bridgehead atoms. The molecule has 2 heterocycles. The molecular weight excluding hydrogens is 186 g/mol. The maximum absolute atomic E-state index is 4.51. The first-order chi connectivity index (χ1) is 7.31. The van der Waals surface area contributed by atoms with Crippen LogP contribution in [-0.2, 0) is 0 Å². The summed E-state index contributed by atoms with van der Waals surface area (Å²) in [4.78, 5) is 8.54. The van der Waals surface area contributed by atoms with E-state index in [2.05, 4.69) is 30.0 Å². The summed E-state index contributed by atoms with van der Waals surface area (Å²) in [7, 11) is 0. The lowest BCUT2D eigenvalue weighted by Gasteiger charge is -2.01. The second-order valence-corrected chi connectivity index (χ2v) is 3.32. The van der Waals surface area contributed by atoms with E-state index in [1.54, 1.807) is 12.5 Å². The van der Waals surface area contributed by atoms with Gasteiger partial charge in [-0.25, -0.2) is 9.97 Å². The second kappa shape index (κ2) is 5.49. The summed E-state index contributed by atoms with van der Waals surface area (Å²) in [6.45, 7) is 8.36. The van der Waals surface area contributed by atoms with Crippen LogP contribution in [0, 0.1) is 0 Å². The summed E-state index contributed by atoms with van der Waals surface area (Å²) >= 11 is 0. The zero-order valence-electron chi connectivity index (χ0n) is 9.94. The van der Waals surface area contributed by atoms with Gasteiger partial charge >= 0.3 is 0 Å². The lowest BCUT2D eigenvalue weighted by molar-refractivity contribution is 0.714. The van der Waals surface area contributed by atoms with Gasteiger partial charge in [-0.15, -0.1) is 0 Å². The molecule has 0 amide bonds. The Kier molecular flexibility index (Phi) is 4.28. The highest BCUT2D eigenvalue weighted by atomic mass is 15.0. The van der Waals surface area contributed by atoms with Crippen LogP contribution >= 0.6 is 0 Å². The summed E-state index contributed by atoms with van der Waals surface area (Å²) in [5.41, 5.74) is 2.13. The third kappa shape index (κ3) is 2.55. The van der Waals surface area contributed by atoms with Crippen molar-refractivity contribution in [1.29, 1.82) is 0 Å². The molecule has 82 valence electrons. The van der Waals surface area contributed by atoms with Crippen molar-refractivity contribution in [1.82, 2.24) is 14.4 Å². The molecule has 0 aliphatic heterocycles. The zero-order valence-corrected chi connectivity index (χ0v) is 9.94. The monoisotopic (exact) mass is 205 g/mol. The molecule has 15 heavy (non-hydrogen) atoms. The normalized spacial score (nSPS) is 12.0. The minimum absolute atomic E-state index is 0.528. The Balaban J connectivity index is 0.000000531. The highest BCUT2D eigenvalue weighted by Gasteiger charge is 2.06. The van der Waals surface area contributed by atoms with E-state index in [-0.39, 0.29) is 0 Å². The summed E-state index contributed by atoms with van der Waals surface area (Å²) in [6.07, 6.45) is 6.73. The van der Waals surface area contributed by atoms with Gasteiger partial charge in [-0.05, 0) is 18.4 Å². The molecule has 1 unspecified atom stereocenters. The van der Waals surface area contributed by atoms with E-state index >= 15 is 0 Å². The molecule has 2 aromatic heterocycles. The highest BCUT2D eigenvalue weighted by Crippen LogP contribution is 2.17. The highest BCUT2D eigenvalue weighted by molar-refractivity contribution is 5.38. The predicted octanol–water partition coefficient (Wildman–Crippen LogP) is 3.27. The quantitative estimate of drug-likeness (QED) is 0.753. The zero-order chi connectivity index (χ0) is 11.3. The van der Waals surface area contributed by atoms with Crippen LogP contribution in [0.2, 0.25) is 0 Å². The van der Waals surface area contributed by atoms with E-state index in [9.17, 15) is 0 Å². The lowest BCUT2D eigenvalue weighted by atomic mass is 10.1. The lowest BCUT2D eigenvalue weighted by Crippen LogP contribution is -1.89. The average molecular weight is 205 g/mol. The molecule has 0 N–H and O–H groups in total. The molecule has 0 saturated carbocycles. The molecule has 0 saturated heterocycles. The van der Waals surface area contributed by atoms with Gasteiger partial charge in [0.15, 0.2) is 0 Å². The fourth-order valence-corrected chi connectivity index (χ4v) is 1.31. The van der Waals surface area contributed by atoms with E-state index < -0.39 is 0 Å². The molecule has 0 aromatic carbocycles. The minimum Gasteiger partial charge on any atom is -0.290 e. The summed E-state index contributed by atoms with van der Waals surface area (Å²) in [5, 5.41) is 0. The first-order valence-electron chi connectivity index (χ1n) is 5.60. The van der Waals surface area contributed by atoms with Crippen LogP contribution in [0.25, 0.3) is 5.65 Å². The first-order valence-corrected chi connectivity index (χ1v) is 5.60. The van der Waals surface area contributed by atoms with Crippen LogP contribution in [0.1, 0.15) is 45.7 Å². The SMILES string of the molecule is CC.CCC(C)c1cn2cnccc2n1. The van der Waals surface area contributed by atoms with Gasteiger partial charge in [-0.2, -0.15) is 0 Å². The van der Waals surface area contributed by atoms with Crippen molar-refractivity contribution in [3.63, 3.8) is 0 Å². The Labute approximate surface area is 91.2 Å². The Hall–Kier alpha value is -1.38. The summed E-state index contributed by atoms with van der Waals surface area (Å²) in [6, 6.07) is 1.92. The number of fused-ring (bicyclic) bond motifs is 1. The van der Waals surface area contributed by atoms with E-state index in [0.29, 0.717) is 5.92 Å². The molecule has 2 rings (SSSR count). The maximum Gasteiger partial charge on any atom is 0.139 e. The molecule has 0 aliphatic carbocycles. The molecule has 0 aliphatic rings. The van der Waals surface area contributed by atoms with Crippen LogP contribution in [0.5, 0.6) is 0 Å². The van der Waals surface area contributed by atoms with Crippen molar-refractivity contribution in [2.75, 3.05) is 0 Å². The van der Waals surface area contributed by atoms with Gasteiger partial charge in [0.25, 0.3) is 0 Å². The van der Waals surface area contributed by atoms with Gasteiger partial charge in [-0.1, -0.05) is 27.7 Å². The molecule has 0 spiro atoms. The Bertz CT molecular complexity index is 373. The topological polar surface area (TPSA) is 30.2 Å². The number of aromatic nitrogens is 3. The van der Waals surface area contributed by atoms with Gasteiger partial charge in [0.05, 0.1) is 5.69 Å². The summed E-state index contributed by atoms with van der Waals surface area (Å²) in [5.74, 6) is 0.528. The Morgan fingerprint density at radius 3 is 2.73 bits per heavy atom. The molecule has 0 radical (unpaired) electrons. The van der Waals surface area contributed by atoms with E-state index in [1.165, 1.54) is 0 Å². The third-order valence-electron chi connectivity index (χ3n) is 2.40. The molecular formula is C12H19N3. The van der Waals surface area contributed by atoms with Gasteiger partial charge in [-0.3, -0.25) is 4.40 Å². The maximum atomic E-state index is 4.51. The van der Waals surface area contributed by atoms with Crippen molar-refractivity contribution in [3.05, 3.63) is 30.5 Å². The largest absolute Gasteiger partial charge is 0.290 e. The van der Waals surface area contributed by atoms with Gasteiger partial charge in [0.2, 0.25) is 0 Å². The predicted molar refractivity (Wildman–Crippen MR) is 63.0 cm³/mol. The molecule has 1 atom stereocenters. The minimum atomic E-state index is 0.528. The Morgan fingerprint density at radius 2 is 2.13 bits per heavy atom. The number of imidazole rings is 1. The average Bonchev–Trinajstić information content (AvgIpc) is 2.74. The fourth-order valence-electron chi connectivity index (χ4n) is 1.31. The molecule has 3 nitrogen and oxygen atoms in total. The van der Waals surface area contributed by atoms with E-state index in [4.69, 9.17) is 0 Å². The first kappa shape index (κ1) is 11.7. The van der Waals surface area contributed by atoms with E-state index in [1.807, 2.05) is 24.3 Å². The standard InChI is InChI=1S/C10H13N3.C2H6/c1-3-8(2)9-6-13-7-11-5-4-10(13)12-9;1-2/h4-8H,3H2,1-2H3;1-2H3. The van der Waals surface area contributed by atoms with Gasteiger partial charge in [0.1, 0.15) is 12.0 Å². The van der Waals surface area contributed by atoms with Crippen LogP contribution in [-0.4, -0.2) is 14.4 Å². The number of hydrogen-bond donors (Lipinski definition) is 0. The van der Waals surface area contributed by atoms with Gasteiger partial charge in [0, 0.05) is 12.4 Å². The Morgan fingerprint density at radius 1 is 1.40 bits per heavy atom. The number of hydrogen-bond acceptors (Lipinski definition) is 2. The fraction of sp³-hybridized carbons (Fsp3) is 0.500. The van der Waals surface area contributed by atoms with Crippen LogP contribution in [0.3, 0.4) is 0 Å². The van der Waals surface area contributed by atoms with Gasteiger partial charge < -0.3 is 0 Å². The number of nitrogens with zero attached hydrogens (tertiary/aromatic N) is 3. The number of rotatable bonds is 2. The second-order valence-electron chi connectivity index (χ2n) is 3.32. The van der Waals surface area contributed by atoms with Crippen molar-refractivity contribution in [2.45, 2.75) is 40.0 Å². The third-order valence-corrected chi connectivity index (χ3v) is 2.40. The van der Waals surface area contributed by atoms with Crippen molar-refractivity contribution in [2.24, 2.45) is 0 Å². The summed E-state index contributed by atoms with van der Waals surface area (Å²) < 4.78 is 1.96. The van der Waals surface area contributed by atoms with E-state index in [0.717, 1.165) is 17.8 Å². The smallest absolute Gasteiger partial charge is 0.139 e. The molecule has 2 aromatic rings. The van der Waals surface area contributed by atoms with Crippen molar-refractivity contribution >= 4 is 5.65 Å². The van der Waals surface area contributed by atoms with Crippen molar-refractivity contribution < 1.29 is 0 Å². The van der Waals surface area contributed by atoms with Crippen LogP contribution in [0.15, 0.2) is 24.8 Å². The molecule has 3 heteroatoms. The van der Waals surface area contributed by atoms with Crippen LogP contribution < -0.4 is 0 Å². The molecule has 0 fully saturated rings. The van der Waals surface area contributed by atoms with Crippen LogP contribution in [0.4, 0.5) is 0 Å².